The summed E-state index contributed by atoms with van der Waals surface area (Å²) in [5.41, 5.74) is 0.719. The van der Waals surface area contributed by atoms with E-state index in [9.17, 15) is 14.0 Å². The fraction of sp³-hybridized carbons (Fsp3) is 0.250. The Kier molecular flexibility index (Phi) is 4.44. The molecule has 1 fully saturated rings. The van der Waals surface area contributed by atoms with Gasteiger partial charge in [-0.1, -0.05) is 11.6 Å². The second-order valence-electron chi connectivity index (χ2n) is 5.34. The molecule has 0 bridgehead atoms. The number of carbonyl (C=O) groups excluding carboxylic acids is 1. The predicted octanol–water partition coefficient (Wildman–Crippen LogP) is 2.73. The smallest absolute Gasteiger partial charge is 0.371 e. The summed E-state index contributed by atoms with van der Waals surface area (Å²) in [4.78, 5) is 26.7. The molecule has 0 spiro atoms. The van der Waals surface area contributed by atoms with E-state index in [1.165, 1.54) is 24.3 Å². The summed E-state index contributed by atoms with van der Waals surface area (Å²) < 4.78 is 18.2. The van der Waals surface area contributed by atoms with Crippen molar-refractivity contribution in [1.82, 2.24) is 4.90 Å². The van der Waals surface area contributed by atoms with Crippen LogP contribution in [-0.4, -0.2) is 48.1 Å². The zero-order valence-electron chi connectivity index (χ0n) is 12.5. The molecule has 8 heteroatoms. The summed E-state index contributed by atoms with van der Waals surface area (Å²) in [6.45, 7) is 1.92. The molecule has 0 radical (unpaired) electrons. The molecule has 6 nitrogen and oxygen atoms in total. The summed E-state index contributed by atoms with van der Waals surface area (Å²) in [6, 6.07) is 6.82. The fourth-order valence-corrected chi connectivity index (χ4v) is 2.90. The Labute approximate surface area is 142 Å². The van der Waals surface area contributed by atoms with E-state index in [4.69, 9.17) is 21.1 Å². The minimum atomic E-state index is -1.22. The number of carbonyl (C=O) groups is 2. The highest BCUT2D eigenvalue weighted by Gasteiger charge is 2.26. The van der Waals surface area contributed by atoms with Gasteiger partial charge in [0.2, 0.25) is 5.76 Å². The van der Waals surface area contributed by atoms with Gasteiger partial charge in [0, 0.05) is 26.2 Å². The second kappa shape index (κ2) is 6.52. The lowest BCUT2D eigenvalue weighted by Crippen LogP contribution is -2.48. The maximum absolute atomic E-state index is 13.1. The number of nitrogens with zero attached hydrogens (tertiary/aromatic N) is 2. The molecule has 24 heavy (non-hydrogen) atoms. The molecule has 1 aliphatic rings. The van der Waals surface area contributed by atoms with Crippen molar-refractivity contribution in [2.75, 3.05) is 31.1 Å². The van der Waals surface area contributed by atoms with Crippen molar-refractivity contribution in [3.63, 3.8) is 0 Å². The normalized spacial score (nSPS) is 14.8. The van der Waals surface area contributed by atoms with Crippen LogP contribution in [0.1, 0.15) is 21.1 Å². The molecule has 0 aliphatic carbocycles. The maximum Gasteiger partial charge on any atom is 0.371 e. The Morgan fingerprint density at radius 3 is 2.33 bits per heavy atom. The third-order valence-corrected chi connectivity index (χ3v) is 4.15. The van der Waals surface area contributed by atoms with Crippen molar-refractivity contribution in [2.24, 2.45) is 0 Å². The zero-order chi connectivity index (χ0) is 17.3. The lowest BCUT2D eigenvalue weighted by Gasteiger charge is -2.36. The molecule has 1 aliphatic heterocycles. The fourth-order valence-electron chi connectivity index (χ4n) is 2.61. The highest BCUT2D eigenvalue weighted by Crippen LogP contribution is 2.27. The van der Waals surface area contributed by atoms with Gasteiger partial charge in [0.15, 0.2) is 5.76 Å². The number of carboxylic acid groups (broad SMARTS) is 1. The number of rotatable bonds is 3. The second-order valence-corrected chi connectivity index (χ2v) is 5.75. The van der Waals surface area contributed by atoms with E-state index in [2.05, 4.69) is 0 Å². The van der Waals surface area contributed by atoms with Crippen LogP contribution in [0.3, 0.4) is 0 Å². The number of halogens is 2. The highest BCUT2D eigenvalue weighted by atomic mass is 35.5. The van der Waals surface area contributed by atoms with Crippen molar-refractivity contribution < 1.29 is 23.5 Å². The van der Waals surface area contributed by atoms with Gasteiger partial charge in [-0.2, -0.15) is 0 Å². The Morgan fingerprint density at radius 2 is 1.75 bits per heavy atom. The van der Waals surface area contributed by atoms with E-state index in [1.807, 2.05) is 4.90 Å². The molecule has 1 amide bonds. The Bertz CT molecular complexity index is 784. The van der Waals surface area contributed by atoms with Gasteiger partial charge in [0.1, 0.15) is 5.82 Å². The third-order valence-electron chi connectivity index (χ3n) is 3.84. The Morgan fingerprint density at radius 1 is 1.08 bits per heavy atom. The number of hydrogen-bond acceptors (Lipinski definition) is 4. The number of carboxylic acids is 1. The van der Waals surface area contributed by atoms with E-state index < -0.39 is 11.8 Å². The Hall–Kier alpha value is -2.54. The van der Waals surface area contributed by atoms with Crippen LogP contribution < -0.4 is 4.90 Å². The first-order valence-electron chi connectivity index (χ1n) is 7.28. The van der Waals surface area contributed by atoms with Crippen molar-refractivity contribution in [3.8, 4) is 0 Å². The molecule has 1 aromatic carbocycles. The number of piperazine rings is 1. The van der Waals surface area contributed by atoms with Gasteiger partial charge in [-0.05, 0) is 30.3 Å². The number of hydrogen-bond donors (Lipinski definition) is 1. The SMILES string of the molecule is O=C(O)c1ccc(C(=O)N2CCN(c3ccc(F)cc3Cl)CC2)o1. The van der Waals surface area contributed by atoms with Crippen molar-refractivity contribution in [1.29, 1.82) is 0 Å². The third kappa shape index (κ3) is 3.21. The topological polar surface area (TPSA) is 74.0 Å². The van der Waals surface area contributed by atoms with Crippen molar-refractivity contribution in [2.45, 2.75) is 0 Å². The van der Waals surface area contributed by atoms with Gasteiger partial charge in [0.25, 0.3) is 5.91 Å². The minimum absolute atomic E-state index is 0.000615. The lowest BCUT2D eigenvalue weighted by molar-refractivity contribution is 0.0648. The largest absolute Gasteiger partial charge is 0.475 e. The molecule has 1 N–H and O–H groups in total. The Balaban J connectivity index is 1.65. The average Bonchev–Trinajstić information content (AvgIpc) is 3.05. The van der Waals surface area contributed by atoms with E-state index in [-0.39, 0.29) is 17.4 Å². The first kappa shape index (κ1) is 16.3. The van der Waals surface area contributed by atoms with Gasteiger partial charge in [-0.25, -0.2) is 9.18 Å². The zero-order valence-corrected chi connectivity index (χ0v) is 13.3. The van der Waals surface area contributed by atoms with Crippen molar-refractivity contribution in [3.05, 3.63) is 52.7 Å². The van der Waals surface area contributed by atoms with Gasteiger partial charge in [0.05, 0.1) is 10.7 Å². The van der Waals surface area contributed by atoms with Crippen LogP contribution in [-0.2, 0) is 0 Å². The van der Waals surface area contributed by atoms with E-state index in [0.717, 1.165) is 5.69 Å². The number of aromatic carboxylic acids is 1. The number of benzene rings is 1. The summed E-state index contributed by atoms with van der Waals surface area (Å²) in [5.74, 6) is -2.24. The van der Waals surface area contributed by atoms with Crippen LogP contribution in [0.5, 0.6) is 0 Å². The van der Waals surface area contributed by atoms with Crippen LogP contribution in [0.15, 0.2) is 34.7 Å². The number of furan rings is 1. The molecule has 126 valence electrons. The highest BCUT2D eigenvalue weighted by molar-refractivity contribution is 6.33. The van der Waals surface area contributed by atoms with E-state index in [1.54, 1.807) is 11.0 Å². The molecule has 2 aromatic rings. The van der Waals surface area contributed by atoms with Crippen LogP contribution in [0.25, 0.3) is 0 Å². The average molecular weight is 353 g/mol. The molecule has 0 atom stereocenters. The molecule has 1 saturated heterocycles. The molecular formula is C16H14ClFN2O4. The molecule has 1 aromatic heterocycles. The summed E-state index contributed by atoms with van der Waals surface area (Å²) in [5, 5.41) is 9.16. The maximum atomic E-state index is 13.1. The first-order chi connectivity index (χ1) is 11.5. The summed E-state index contributed by atoms with van der Waals surface area (Å²) in [6.07, 6.45) is 0. The predicted molar refractivity (Wildman–Crippen MR) is 85.2 cm³/mol. The minimum Gasteiger partial charge on any atom is -0.475 e. The van der Waals surface area contributed by atoms with Crippen molar-refractivity contribution >= 4 is 29.2 Å². The number of amides is 1. The molecule has 0 unspecified atom stereocenters. The quantitative estimate of drug-likeness (QED) is 0.919. The molecular weight excluding hydrogens is 339 g/mol. The summed E-state index contributed by atoms with van der Waals surface area (Å²) in [7, 11) is 0. The van der Waals surface area contributed by atoms with Gasteiger partial charge >= 0.3 is 5.97 Å². The van der Waals surface area contributed by atoms with Crippen LogP contribution >= 0.6 is 11.6 Å². The van der Waals surface area contributed by atoms with Crippen LogP contribution in [0, 0.1) is 5.82 Å². The number of anilines is 1. The molecule has 0 saturated carbocycles. The van der Waals surface area contributed by atoms with Gasteiger partial charge < -0.3 is 19.3 Å². The first-order valence-corrected chi connectivity index (χ1v) is 7.66. The summed E-state index contributed by atoms with van der Waals surface area (Å²) >= 11 is 6.06. The monoisotopic (exact) mass is 352 g/mol. The van der Waals surface area contributed by atoms with Gasteiger partial charge in [-0.3, -0.25) is 4.79 Å². The van der Waals surface area contributed by atoms with E-state index >= 15 is 0 Å². The molecule has 2 heterocycles. The van der Waals surface area contributed by atoms with Crippen LogP contribution in [0.4, 0.5) is 10.1 Å². The standard InChI is InChI=1S/C16H14ClFN2O4/c17-11-9-10(18)1-2-12(11)19-5-7-20(8-6-19)15(21)13-3-4-14(24-13)16(22)23/h1-4,9H,5-8H2,(H,22,23). The lowest BCUT2D eigenvalue weighted by atomic mass is 10.2. The van der Waals surface area contributed by atoms with Crippen LogP contribution in [0.2, 0.25) is 5.02 Å². The van der Waals surface area contributed by atoms with E-state index in [0.29, 0.717) is 31.2 Å². The molecule has 3 rings (SSSR count). The van der Waals surface area contributed by atoms with Gasteiger partial charge in [-0.15, -0.1) is 0 Å².